The van der Waals surface area contributed by atoms with E-state index in [0.717, 1.165) is 22.4 Å². The predicted molar refractivity (Wildman–Crippen MR) is 123 cm³/mol. The molecule has 0 aliphatic heterocycles. The number of aromatic amines is 1. The van der Waals surface area contributed by atoms with Gasteiger partial charge < -0.3 is 5.11 Å². The van der Waals surface area contributed by atoms with Gasteiger partial charge in [-0.15, -0.1) is 0 Å². The normalized spacial score (nSPS) is 11.1. The molecule has 2 heterocycles. The van der Waals surface area contributed by atoms with E-state index in [0.29, 0.717) is 28.2 Å². The van der Waals surface area contributed by atoms with E-state index >= 15 is 0 Å². The number of H-pyrrole nitrogens is 1. The zero-order valence-electron chi connectivity index (χ0n) is 16.4. The SMILES string of the molecule is O=c1c(-c2ccccc2O)cnc2c(-c3ccc(Cl)cc3)c(Cc3ccccc3)[nH]n12. The highest BCUT2D eigenvalue weighted by Crippen LogP contribution is 2.31. The molecule has 3 aromatic carbocycles. The molecule has 0 saturated heterocycles. The Morgan fingerprint density at radius 3 is 2.35 bits per heavy atom. The van der Waals surface area contributed by atoms with Gasteiger partial charge in [0.1, 0.15) is 5.75 Å². The maximum Gasteiger partial charge on any atom is 0.280 e. The quantitative estimate of drug-likeness (QED) is 0.408. The molecule has 0 aliphatic rings. The fourth-order valence-electron chi connectivity index (χ4n) is 3.80. The standard InChI is InChI=1S/C25H18ClN3O2/c26-18-12-10-17(11-13-18)23-21(14-16-6-2-1-3-7-16)28-29-24(23)27-15-20(25(29)31)19-8-4-5-9-22(19)30/h1-13,15,28,30H,14H2. The van der Waals surface area contributed by atoms with Crippen LogP contribution < -0.4 is 5.56 Å². The van der Waals surface area contributed by atoms with Crippen LogP contribution in [0.4, 0.5) is 0 Å². The third-order valence-electron chi connectivity index (χ3n) is 5.28. The third kappa shape index (κ3) is 3.49. The maximum atomic E-state index is 13.3. The summed E-state index contributed by atoms with van der Waals surface area (Å²) in [5, 5.41) is 14.1. The lowest BCUT2D eigenvalue weighted by Crippen LogP contribution is -2.17. The molecule has 0 bridgehead atoms. The Hall–Kier alpha value is -3.83. The summed E-state index contributed by atoms with van der Waals surface area (Å²) in [6.07, 6.45) is 2.12. The average Bonchev–Trinajstić information content (AvgIpc) is 3.15. The van der Waals surface area contributed by atoms with Gasteiger partial charge in [-0.25, -0.2) is 9.50 Å². The molecule has 5 rings (SSSR count). The van der Waals surface area contributed by atoms with Crippen LogP contribution in [0, 0.1) is 0 Å². The number of phenols is 1. The van der Waals surface area contributed by atoms with Gasteiger partial charge in [0.25, 0.3) is 5.56 Å². The number of halogens is 1. The highest BCUT2D eigenvalue weighted by molar-refractivity contribution is 6.30. The number of hydrogen-bond acceptors (Lipinski definition) is 3. The van der Waals surface area contributed by atoms with Gasteiger partial charge in [-0.2, -0.15) is 0 Å². The Balaban J connectivity index is 1.75. The highest BCUT2D eigenvalue weighted by Gasteiger charge is 2.19. The van der Waals surface area contributed by atoms with Crippen molar-refractivity contribution in [3.63, 3.8) is 0 Å². The van der Waals surface area contributed by atoms with E-state index in [1.165, 1.54) is 10.7 Å². The number of phenolic OH excluding ortho intramolecular Hbond substituents is 1. The predicted octanol–water partition coefficient (Wildman–Crippen LogP) is 5.31. The van der Waals surface area contributed by atoms with Gasteiger partial charge in [0.2, 0.25) is 0 Å². The first kappa shape index (κ1) is 19.2. The highest BCUT2D eigenvalue weighted by atomic mass is 35.5. The summed E-state index contributed by atoms with van der Waals surface area (Å²) in [5.41, 5.74) is 4.76. The van der Waals surface area contributed by atoms with E-state index in [-0.39, 0.29) is 11.3 Å². The number of para-hydroxylation sites is 1. The van der Waals surface area contributed by atoms with E-state index in [4.69, 9.17) is 11.6 Å². The van der Waals surface area contributed by atoms with Gasteiger partial charge in [0.05, 0.1) is 5.56 Å². The molecule has 0 unspecified atom stereocenters. The minimum absolute atomic E-state index is 0.0374. The molecule has 152 valence electrons. The lowest BCUT2D eigenvalue weighted by Gasteiger charge is -2.05. The Morgan fingerprint density at radius 2 is 1.61 bits per heavy atom. The van der Waals surface area contributed by atoms with Crippen molar-refractivity contribution < 1.29 is 5.11 Å². The zero-order chi connectivity index (χ0) is 21.4. The van der Waals surface area contributed by atoms with Crippen LogP contribution in [0.25, 0.3) is 27.9 Å². The molecule has 5 nitrogen and oxygen atoms in total. The van der Waals surface area contributed by atoms with Crippen molar-refractivity contribution in [2.24, 2.45) is 0 Å². The summed E-state index contributed by atoms with van der Waals surface area (Å²) < 4.78 is 1.45. The smallest absolute Gasteiger partial charge is 0.280 e. The molecule has 2 aromatic heterocycles. The number of nitrogens with zero attached hydrogens (tertiary/aromatic N) is 2. The molecule has 0 saturated carbocycles. The molecule has 5 aromatic rings. The van der Waals surface area contributed by atoms with Crippen LogP contribution in [0.1, 0.15) is 11.3 Å². The Bertz CT molecular complexity index is 1440. The second-order valence-corrected chi connectivity index (χ2v) is 7.72. The van der Waals surface area contributed by atoms with Crippen molar-refractivity contribution in [3.8, 4) is 28.0 Å². The number of benzene rings is 3. The van der Waals surface area contributed by atoms with Crippen molar-refractivity contribution in [2.75, 3.05) is 0 Å². The number of aromatic nitrogens is 3. The third-order valence-corrected chi connectivity index (χ3v) is 5.54. The molecular formula is C25H18ClN3O2. The first-order chi connectivity index (χ1) is 15.1. The van der Waals surface area contributed by atoms with Crippen molar-refractivity contribution in [2.45, 2.75) is 6.42 Å². The number of rotatable bonds is 4. The molecule has 2 N–H and O–H groups in total. The first-order valence-electron chi connectivity index (χ1n) is 9.82. The molecule has 0 radical (unpaired) electrons. The van der Waals surface area contributed by atoms with Gasteiger partial charge in [-0.05, 0) is 29.3 Å². The number of hydrogen-bond donors (Lipinski definition) is 2. The summed E-state index contributed by atoms with van der Waals surface area (Å²) in [6.45, 7) is 0. The van der Waals surface area contributed by atoms with Crippen molar-refractivity contribution in [3.05, 3.63) is 112 Å². The summed E-state index contributed by atoms with van der Waals surface area (Å²) in [5.74, 6) is 0.0374. The summed E-state index contributed by atoms with van der Waals surface area (Å²) >= 11 is 6.09. The molecule has 0 atom stereocenters. The summed E-state index contributed by atoms with van der Waals surface area (Å²) in [6, 6.07) is 24.3. The van der Waals surface area contributed by atoms with Crippen LogP contribution in [-0.2, 0) is 6.42 Å². The van der Waals surface area contributed by atoms with E-state index in [1.54, 1.807) is 24.3 Å². The fraction of sp³-hybridized carbons (Fsp3) is 0.0400. The van der Waals surface area contributed by atoms with E-state index in [9.17, 15) is 9.90 Å². The van der Waals surface area contributed by atoms with Crippen molar-refractivity contribution in [1.29, 1.82) is 0 Å². The maximum absolute atomic E-state index is 13.3. The monoisotopic (exact) mass is 427 g/mol. The lowest BCUT2D eigenvalue weighted by molar-refractivity contribution is 0.477. The minimum Gasteiger partial charge on any atom is -0.507 e. The second-order valence-electron chi connectivity index (χ2n) is 7.29. The van der Waals surface area contributed by atoms with Gasteiger partial charge in [-0.1, -0.05) is 72.3 Å². The number of fused-ring (bicyclic) bond motifs is 1. The van der Waals surface area contributed by atoms with Gasteiger partial charge in [0, 0.05) is 34.5 Å². The van der Waals surface area contributed by atoms with Crippen LogP contribution in [-0.4, -0.2) is 19.7 Å². The van der Waals surface area contributed by atoms with Gasteiger partial charge in [-0.3, -0.25) is 9.89 Å². The first-order valence-corrected chi connectivity index (χ1v) is 10.2. The Labute approximate surface area is 183 Å². The van der Waals surface area contributed by atoms with Gasteiger partial charge >= 0.3 is 0 Å². The summed E-state index contributed by atoms with van der Waals surface area (Å²) in [7, 11) is 0. The molecule has 0 amide bonds. The van der Waals surface area contributed by atoms with Crippen LogP contribution in [0.3, 0.4) is 0 Å². The lowest BCUT2D eigenvalue weighted by atomic mass is 10.0. The molecule has 31 heavy (non-hydrogen) atoms. The topological polar surface area (TPSA) is 70.4 Å². The molecule has 0 spiro atoms. The average molecular weight is 428 g/mol. The second kappa shape index (κ2) is 7.78. The van der Waals surface area contributed by atoms with Crippen molar-refractivity contribution >= 4 is 17.2 Å². The van der Waals surface area contributed by atoms with E-state index < -0.39 is 0 Å². The minimum atomic E-state index is -0.277. The fourth-order valence-corrected chi connectivity index (χ4v) is 3.92. The van der Waals surface area contributed by atoms with Crippen molar-refractivity contribution in [1.82, 2.24) is 14.6 Å². The number of nitrogens with one attached hydrogen (secondary N) is 1. The van der Waals surface area contributed by atoms with Gasteiger partial charge in [0.15, 0.2) is 5.65 Å². The Kier molecular flexibility index (Phi) is 4.81. The Morgan fingerprint density at radius 1 is 0.903 bits per heavy atom. The van der Waals surface area contributed by atoms with E-state index in [2.05, 4.69) is 10.1 Å². The summed E-state index contributed by atoms with van der Waals surface area (Å²) in [4.78, 5) is 18.0. The largest absolute Gasteiger partial charge is 0.507 e. The molecule has 0 fully saturated rings. The molecular weight excluding hydrogens is 410 g/mol. The zero-order valence-corrected chi connectivity index (χ0v) is 17.2. The van der Waals surface area contributed by atoms with Crippen LogP contribution in [0.5, 0.6) is 5.75 Å². The van der Waals surface area contributed by atoms with E-state index in [1.807, 2.05) is 54.6 Å². The van der Waals surface area contributed by atoms with Crippen LogP contribution in [0.15, 0.2) is 89.9 Å². The van der Waals surface area contributed by atoms with Crippen LogP contribution in [0.2, 0.25) is 5.02 Å². The van der Waals surface area contributed by atoms with Crippen LogP contribution >= 0.6 is 11.6 Å². The molecule has 6 heteroatoms. The number of aromatic hydroxyl groups is 1. The molecule has 0 aliphatic carbocycles.